The number of ketones is 1. The summed E-state index contributed by atoms with van der Waals surface area (Å²) in [4.78, 5) is 13.1. The summed E-state index contributed by atoms with van der Waals surface area (Å²) in [7, 11) is -5.05. The lowest BCUT2D eigenvalue weighted by Gasteiger charge is -2.26. The van der Waals surface area contributed by atoms with Crippen LogP contribution in [0.1, 0.15) is 53.6 Å². The van der Waals surface area contributed by atoms with E-state index >= 15 is 0 Å². The number of benzene rings is 3. The number of furan rings is 1. The van der Waals surface area contributed by atoms with Crippen LogP contribution >= 0.6 is 11.6 Å². The van der Waals surface area contributed by atoms with Crippen molar-refractivity contribution in [1.29, 1.82) is 0 Å². The Labute approximate surface area is 230 Å². The number of nitrogens with zero attached hydrogens (tertiary/aromatic N) is 1. The molecule has 0 radical (unpaired) electrons. The minimum absolute atomic E-state index is 0.0951. The number of anilines is 2. The maximum atomic E-state index is 13.6. The Hall–Kier alpha value is -3.18. The predicted molar refractivity (Wildman–Crippen MR) is 149 cm³/mol. The van der Waals surface area contributed by atoms with Crippen LogP contribution in [0.25, 0.3) is 22.3 Å². The molecule has 0 unspecified atom stereocenters. The van der Waals surface area contributed by atoms with Crippen LogP contribution in [0.3, 0.4) is 0 Å². The molecule has 3 aromatic carbocycles. The van der Waals surface area contributed by atoms with E-state index in [4.69, 9.17) is 20.7 Å². The molecule has 1 saturated carbocycles. The van der Waals surface area contributed by atoms with Gasteiger partial charge in [0.15, 0.2) is 5.78 Å². The van der Waals surface area contributed by atoms with Gasteiger partial charge in [0.25, 0.3) is 0 Å². The van der Waals surface area contributed by atoms with Gasteiger partial charge in [-0.1, -0.05) is 18.5 Å². The number of hydrogen-bond acceptors (Lipinski definition) is 6. The zero-order chi connectivity index (χ0) is 27.6. The summed E-state index contributed by atoms with van der Waals surface area (Å²) >= 11 is 6.47. The lowest BCUT2D eigenvalue weighted by Crippen LogP contribution is -2.30. The van der Waals surface area contributed by atoms with Gasteiger partial charge >= 0.3 is 7.12 Å². The van der Waals surface area contributed by atoms with Crippen molar-refractivity contribution in [3.63, 3.8) is 0 Å². The lowest BCUT2D eigenvalue weighted by atomic mass is 9.79. The second-order valence-electron chi connectivity index (χ2n) is 9.96. The Balaban J connectivity index is 1.61. The second kappa shape index (κ2) is 9.48. The van der Waals surface area contributed by atoms with E-state index in [1.54, 1.807) is 31.2 Å². The topological polar surface area (TPSA) is 97.1 Å². The van der Waals surface area contributed by atoms with Gasteiger partial charge in [0.2, 0.25) is 10.0 Å². The summed E-state index contributed by atoms with van der Waals surface area (Å²) in [6.07, 6.45) is 3.10. The summed E-state index contributed by atoms with van der Waals surface area (Å²) in [5, 5.41) is 10.9. The molecule has 39 heavy (non-hydrogen) atoms. The molecule has 1 fully saturated rings. The standard InChI is InChI=1S/C28H24BClFNO6S/c1-3-24(33)26-21-12-20(15-4-5-15)23(13-25(21)38-28(26)16-6-8-18(31)9-7-16)32(39(2,35)36)19-10-17-14-37-29(34)27(17)22(30)11-19/h6-13,15,34H,3-5,14H2,1-2H3. The number of halogens is 2. The van der Waals surface area contributed by atoms with Crippen molar-refractivity contribution in [2.24, 2.45) is 0 Å². The van der Waals surface area contributed by atoms with Crippen molar-refractivity contribution >= 4 is 62.3 Å². The third-order valence-electron chi connectivity index (χ3n) is 7.19. The number of sulfonamides is 1. The molecule has 11 heteroatoms. The molecule has 4 aromatic rings. The minimum atomic E-state index is -3.88. The highest BCUT2D eigenvalue weighted by Crippen LogP contribution is 2.49. The number of fused-ring (bicyclic) bond motifs is 2. The van der Waals surface area contributed by atoms with Crippen LogP contribution < -0.4 is 9.77 Å². The second-order valence-corrected chi connectivity index (χ2v) is 12.2. The van der Waals surface area contributed by atoms with Crippen LogP contribution in [0.2, 0.25) is 5.02 Å². The summed E-state index contributed by atoms with van der Waals surface area (Å²) in [6, 6.07) is 12.3. The van der Waals surface area contributed by atoms with Crippen LogP contribution in [0.4, 0.5) is 15.8 Å². The van der Waals surface area contributed by atoms with Gasteiger partial charge in [-0.2, -0.15) is 0 Å². The molecule has 2 heterocycles. The molecular formula is C28H24BClFNO6S. The molecule has 6 rings (SSSR count). The number of hydrogen-bond donors (Lipinski definition) is 1. The van der Waals surface area contributed by atoms with Gasteiger partial charge in [0, 0.05) is 33.9 Å². The van der Waals surface area contributed by atoms with Gasteiger partial charge < -0.3 is 14.1 Å². The van der Waals surface area contributed by atoms with Gasteiger partial charge in [-0.25, -0.2) is 17.1 Å². The highest BCUT2D eigenvalue weighted by Gasteiger charge is 2.36. The van der Waals surface area contributed by atoms with E-state index in [0.717, 1.165) is 24.7 Å². The fraction of sp³-hybridized carbons (Fsp3) is 0.250. The summed E-state index contributed by atoms with van der Waals surface area (Å²) in [5.74, 6) is -0.122. The zero-order valence-corrected chi connectivity index (χ0v) is 22.8. The normalized spacial score (nSPS) is 15.2. The fourth-order valence-electron chi connectivity index (χ4n) is 5.24. The fourth-order valence-corrected chi connectivity index (χ4v) is 6.57. The van der Waals surface area contributed by atoms with Crippen LogP contribution in [-0.2, 0) is 21.3 Å². The third kappa shape index (κ3) is 4.55. The maximum Gasteiger partial charge on any atom is 0.493 e. The number of carbonyl (C=O) groups excluding carboxylic acids is 1. The Morgan fingerprint density at radius 2 is 1.90 bits per heavy atom. The van der Waals surface area contributed by atoms with Gasteiger partial charge in [-0.15, -0.1) is 0 Å². The monoisotopic (exact) mass is 567 g/mol. The van der Waals surface area contributed by atoms with Crippen molar-refractivity contribution in [3.8, 4) is 11.3 Å². The Bertz CT molecular complexity index is 1750. The molecule has 200 valence electrons. The molecule has 1 N–H and O–H groups in total. The molecule has 0 spiro atoms. The van der Waals surface area contributed by atoms with Crippen molar-refractivity contribution < 1.29 is 31.7 Å². The van der Waals surface area contributed by atoms with Crippen LogP contribution in [0, 0.1) is 5.82 Å². The third-order valence-corrected chi connectivity index (χ3v) is 8.57. The first-order valence-electron chi connectivity index (χ1n) is 12.6. The molecule has 1 aliphatic carbocycles. The average Bonchev–Trinajstić information content (AvgIpc) is 3.56. The highest BCUT2D eigenvalue weighted by molar-refractivity contribution is 7.92. The number of carbonyl (C=O) groups is 1. The quantitative estimate of drug-likeness (QED) is 0.228. The Kier molecular flexibility index (Phi) is 6.34. The molecule has 0 bridgehead atoms. The van der Waals surface area contributed by atoms with Gasteiger partial charge in [-0.05, 0) is 72.4 Å². The zero-order valence-electron chi connectivity index (χ0n) is 21.2. The van der Waals surface area contributed by atoms with Crippen molar-refractivity contribution in [3.05, 3.63) is 76.1 Å². The molecule has 0 atom stereocenters. The largest absolute Gasteiger partial charge is 0.493 e. The first kappa shape index (κ1) is 26.1. The highest BCUT2D eigenvalue weighted by atomic mass is 35.5. The van der Waals surface area contributed by atoms with Crippen LogP contribution in [0.15, 0.2) is 52.9 Å². The first-order valence-corrected chi connectivity index (χ1v) is 14.8. The summed E-state index contributed by atoms with van der Waals surface area (Å²) in [5.41, 5.74) is 3.77. The maximum absolute atomic E-state index is 13.6. The molecule has 1 aliphatic heterocycles. The molecular weight excluding hydrogens is 544 g/mol. The van der Waals surface area contributed by atoms with Gasteiger partial charge in [0.1, 0.15) is 17.2 Å². The number of Topliss-reactive ketones (excluding diaryl/α,β-unsaturated/α-hetero) is 1. The number of rotatable bonds is 7. The molecule has 7 nitrogen and oxygen atoms in total. The smallest absolute Gasteiger partial charge is 0.455 e. The van der Waals surface area contributed by atoms with E-state index in [9.17, 15) is 22.6 Å². The summed E-state index contributed by atoms with van der Waals surface area (Å²) < 4.78 is 53.0. The lowest BCUT2D eigenvalue weighted by molar-refractivity contribution is 0.0989. The average molecular weight is 568 g/mol. The van der Waals surface area contributed by atoms with E-state index in [1.807, 2.05) is 6.07 Å². The van der Waals surface area contributed by atoms with Crippen LogP contribution in [0.5, 0.6) is 0 Å². The SMILES string of the molecule is CCC(=O)c1c(-c2ccc(F)cc2)oc2cc(N(c3cc(Cl)c4c(c3)COB4O)S(C)(=O)=O)c(C3CC3)cc12. The van der Waals surface area contributed by atoms with Crippen molar-refractivity contribution in [2.45, 2.75) is 38.7 Å². The molecule has 0 saturated heterocycles. The molecule has 2 aliphatic rings. The van der Waals surface area contributed by atoms with Gasteiger partial charge in [0.05, 0.1) is 29.8 Å². The van der Waals surface area contributed by atoms with Crippen molar-refractivity contribution in [1.82, 2.24) is 0 Å². The first-order chi connectivity index (χ1) is 18.6. The summed E-state index contributed by atoms with van der Waals surface area (Å²) in [6.45, 7) is 1.85. The van der Waals surface area contributed by atoms with E-state index in [0.29, 0.717) is 50.3 Å². The van der Waals surface area contributed by atoms with E-state index < -0.39 is 23.0 Å². The van der Waals surface area contributed by atoms with Gasteiger partial charge in [-0.3, -0.25) is 4.79 Å². The Morgan fingerprint density at radius 3 is 2.54 bits per heavy atom. The van der Waals surface area contributed by atoms with E-state index in [-0.39, 0.29) is 29.8 Å². The molecule has 0 amide bonds. The molecule has 1 aromatic heterocycles. The van der Waals surface area contributed by atoms with Crippen LogP contribution in [-0.4, -0.2) is 32.6 Å². The van der Waals surface area contributed by atoms with E-state index in [1.165, 1.54) is 22.5 Å². The Morgan fingerprint density at radius 1 is 1.18 bits per heavy atom. The van der Waals surface area contributed by atoms with E-state index in [2.05, 4.69) is 0 Å². The minimum Gasteiger partial charge on any atom is -0.455 e. The predicted octanol–water partition coefficient (Wildman–Crippen LogP) is 5.68. The van der Waals surface area contributed by atoms with Crippen molar-refractivity contribution in [2.75, 3.05) is 10.6 Å².